The molecule has 1 aliphatic carbocycles. The van der Waals surface area contributed by atoms with Gasteiger partial charge < -0.3 is 15.1 Å². The lowest BCUT2D eigenvalue weighted by Crippen LogP contribution is -2.45. The first-order valence-electron chi connectivity index (χ1n) is 11.6. The molecule has 2 heterocycles. The van der Waals surface area contributed by atoms with Gasteiger partial charge in [-0.05, 0) is 76.1 Å². The second kappa shape index (κ2) is 9.19. The minimum atomic E-state index is -0.381. The lowest BCUT2D eigenvalue weighted by Gasteiger charge is -2.33. The summed E-state index contributed by atoms with van der Waals surface area (Å²) in [7, 11) is 0. The molecule has 4 rings (SSSR count). The van der Waals surface area contributed by atoms with Crippen molar-refractivity contribution in [3.63, 3.8) is 0 Å². The molecule has 162 valence electrons. The van der Waals surface area contributed by atoms with Crippen LogP contribution in [0.1, 0.15) is 75.1 Å². The third-order valence-corrected chi connectivity index (χ3v) is 7.01. The fourth-order valence-electron chi connectivity index (χ4n) is 5.20. The molecule has 3 amide bonds. The highest BCUT2D eigenvalue weighted by Gasteiger charge is 2.37. The van der Waals surface area contributed by atoms with Crippen LogP contribution >= 0.6 is 0 Å². The van der Waals surface area contributed by atoms with Crippen LogP contribution in [0.25, 0.3) is 0 Å². The highest BCUT2D eigenvalue weighted by atomic mass is 16.2. The van der Waals surface area contributed by atoms with Crippen molar-refractivity contribution in [1.82, 2.24) is 9.80 Å². The van der Waals surface area contributed by atoms with Gasteiger partial charge >= 0.3 is 0 Å². The van der Waals surface area contributed by atoms with Gasteiger partial charge in [-0.2, -0.15) is 0 Å². The lowest BCUT2D eigenvalue weighted by atomic mass is 10.0. The predicted octanol–water partition coefficient (Wildman–Crippen LogP) is 3.82. The Labute approximate surface area is 179 Å². The number of nitrogens with one attached hydrogen (secondary N) is 1. The number of benzene rings is 1. The van der Waals surface area contributed by atoms with Gasteiger partial charge in [0, 0.05) is 36.3 Å². The van der Waals surface area contributed by atoms with Crippen molar-refractivity contribution in [2.75, 3.05) is 18.4 Å². The molecule has 1 aromatic carbocycles. The van der Waals surface area contributed by atoms with Crippen LogP contribution in [0.5, 0.6) is 0 Å². The third kappa shape index (κ3) is 4.37. The number of carbonyl (C=O) groups excluding carboxylic acids is 3. The number of hydrogen-bond acceptors (Lipinski definition) is 3. The molecule has 2 atom stereocenters. The molecule has 3 fully saturated rings. The molecule has 0 aromatic heterocycles. The fraction of sp³-hybridized carbons (Fsp3) is 0.625. The monoisotopic (exact) mass is 411 g/mol. The smallest absolute Gasteiger partial charge is 0.254 e. The average Bonchev–Trinajstić information content (AvgIpc) is 3.46. The predicted molar refractivity (Wildman–Crippen MR) is 116 cm³/mol. The van der Waals surface area contributed by atoms with Gasteiger partial charge in [0.2, 0.25) is 11.8 Å². The number of nitrogens with zero attached hydrogens (tertiary/aromatic N) is 2. The number of likely N-dealkylation sites (tertiary alicyclic amines) is 2. The quantitative estimate of drug-likeness (QED) is 0.819. The van der Waals surface area contributed by atoms with E-state index in [0.717, 1.165) is 51.5 Å². The number of amides is 3. The molecular formula is C24H33N3O3. The molecule has 1 N–H and O–H groups in total. The molecule has 2 unspecified atom stereocenters. The van der Waals surface area contributed by atoms with Gasteiger partial charge in [-0.3, -0.25) is 14.4 Å². The first-order valence-corrected chi connectivity index (χ1v) is 11.6. The van der Waals surface area contributed by atoms with Crippen molar-refractivity contribution in [2.24, 2.45) is 5.92 Å². The van der Waals surface area contributed by atoms with E-state index in [4.69, 9.17) is 0 Å². The van der Waals surface area contributed by atoms with Gasteiger partial charge in [-0.25, -0.2) is 0 Å². The molecule has 0 radical (unpaired) electrons. The van der Waals surface area contributed by atoms with E-state index in [1.54, 1.807) is 29.2 Å². The van der Waals surface area contributed by atoms with Crippen LogP contribution in [-0.4, -0.2) is 52.7 Å². The SMILES string of the molecule is CC1CCCCN1C(=O)c1ccc(NC(=O)C2CCCN2C(=O)C2CCCC2)cc1. The third-order valence-electron chi connectivity index (χ3n) is 7.01. The van der Waals surface area contributed by atoms with E-state index in [2.05, 4.69) is 12.2 Å². The summed E-state index contributed by atoms with van der Waals surface area (Å²) in [6.45, 7) is 3.59. The number of carbonyl (C=O) groups is 3. The number of anilines is 1. The van der Waals surface area contributed by atoms with Crippen LogP contribution in [-0.2, 0) is 9.59 Å². The van der Waals surface area contributed by atoms with Crippen molar-refractivity contribution < 1.29 is 14.4 Å². The Morgan fingerprint density at radius 3 is 2.20 bits per heavy atom. The van der Waals surface area contributed by atoms with Crippen LogP contribution in [0.4, 0.5) is 5.69 Å². The van der Waals surface area contributed by atoms with Crippen LogP contribution < -0.4 is 5.32 Å². The standard InChI is InChI=1S/C24H33N3O3/c1-17-7-4-5-15-26(17)23(29)19-11-13-20(14-12-19)25-22(28)21-10-6-16-27(21)24(30)18-8-2-3-9-18/h11-14,17-18,21H,2-10,15-16H2,1H3,(H,25,28). The van der Waals surface area contributed by atoms with E-state index in [1.165, 1.54) is 6.42 Å². The van der Waals surface area contributed by atoms with E-state index in [9.17, 15) is 14.4 Å². The fourth-order valence-corrected chi connectivity index (χ4v) is 5.20. The second-order valence-corrected chi connectivity index (χ2v) is 9.08. The van der Waals surface area contributed by atoms with E-state index < -0.39 is 0 Å². The Morgan fingerprint density at radius 1 is 0.833 bits per heavy atom. The summed E-state index contributed by atoms with van der Waals surface area (Å²) in [4.78, 5) is 42.2. The van der Waals surface area contributed by atoms with Gasteiger partial charge in [-0.15, -0.1) is 0 Å². The van der Waals surface area contributed by atoms with Crippen molar-refractivity contribution in [3.05, 3.63) is 29.8 Å². The average molecular weight is 412 g/mol. The van der Waals surface area contributed by atoms with Crippen LogP contribution in [0, 0.1) is 5.92 Å². The van der Waals surface area contributed by atoms with Gasteiger partial charge in [0.05, 0.1) is 0 Å². The molecule has 6 nitrogen and oxygen atoms in total. The molecule has 6 heteroatoms. The van der Waals surface area contributed by atoms with E-state index in [1.807, 2.05) is 4.90 Å². The van der Waals surface area contributed by atoms with Crippen LogP contribution in [0.2, 0.25) is 0 Å². The Balaban J connectivity index is 1.37. The molecule has 3 aliphatic rings. The maximum absolute atomic E-state index is 12.9. The van der Waals surface area contributed by atoms with Crippen LogP contribution in [0.15, 0.2) is 24.3 Å². The Kier molecular flexibility index (Phi) is 6.40. The van der Waals surface area contributed by atoms with Gasteiger partial charge in [0.15, 0.2) is 0 Å². The number of piperidine rings is 1. The minimum Gasteiger partial charge on any atom is -0.336 e. The van der Waals surface area contributed by atoms with Crippen molar-refractivity contribution in [2.45, 2.75) is 76.8 Å². The lowest BCUT2D eigenvalue weighted by molar-refractivity contribution is -0.140. The number of rotatable bonds is 4. The topological polar surface area (TPSA) is 69.7 Å². The molecule has 2 saturated heterocycles. The maximum atomic E-state index is 12.9. The summed E-state index contributed by atoms with van der Waals surface area (Å²) < 4.78 is 0. The van der Waals surface area contributed by atoms with Crippen LogP contribution in [0.3, 0.4) is 0 Å². The minimum absolute atomic E-state index is 0.0594. The summed E-state index contributed by atoms with van der Waals surface area (Å²) in [5.74, 6) is 0.189. The van der Waals surface area contributed by atoms with Gasteiger partial charge in [0.1, 0.15) is 6.04 Å². The summed E-state index contributed by atoms with van der Waals surface area (Å²) in [5.41, 5.74) is 1.32. The van der Waals surface area contributed by atoms with Crippen molar-refractivity contribution in [3.8, 4) is 0 Å². The zero-order chi connectivity index (χ0) is 21.1. The normalized spacial score (nSPS) is 24.8. The van der Waals surface area contributed by atoms with Crippen molar-refractivity contribution >= 4 is 23.4 Å². The van der Waals surface area contributed by atoms with Gasteiger partial charge in [0.25, 0.3) is 5.91 Å². The number of hydrogen-bond donors (Lipinski definition) is 1. The Morgan fingerprint density at radius 2 is 1.50 bits per heavy atom. The summed E-state index contributed by atoms with van der Waals surface area (Å²) >= 11 is 0. The molecular weight excluding hydrogens is 378 g/mol. The van der Waals surface area contributed by atoms with Gasteiger partial charge in [-0.1, -0.05) is 12.8 Å². The molecule has 1 aromatic rings. The zero-order valence-electron chi connectivity index (χ0n) is 17.9. The summed E-state index contributed by atoms with van der Waals surface area (Å²) in [6.07, 6.45) is 9.01. The first kappa shape index (κ1) is 20.9. The highest BCUT2D eigenvalue weighted by Crippen LogP contribution is 2.30. The summed E-state index contributed by atoms with van der Waals surface area (Å²) in [6, 6.07) is 7.05. The highest BCUT2D eigenvalue weighted by molar-refractivity contribution is 5.99. The second-order valence-electron chi connectivity index (χ2n) is 9.08. The van der Waals surface area contributed by atoms with Crippen molar-refractivity contribution in [1.29, 1.82) is 0 Å². The zero-order valence-corrected chi connectivity index (χ0v) is 17.9. The molecule has 2 aliphatic heterocycles. The maximum Gasteiger partial charge on any atom is 0.254 e. The Hall–Kier alpha value is -2.37. The van der Waals surface area contributed by atoms with E-state index in [0.29, 0.717) is 24.2 Å². The van der Waals surface area contributed by atoms with E-state index in [-0.39, 0.29) is 35.7 Å². The molecule has 0 bridgehead atoms. The molecule has 0 spiro atoms. The largest absolute Gasteiger partial charge is 0.336 e. The Bertz CT molecular complexity index is 785. The first-order chi connectivity index (χ1) is 14.5. The molecule has 1 saturated carbocycles. The van der Waals surface area contributed by atoms with E-state index >= 15 is 0 Å². The summed E-state index contributed by atoms with van der Waals surface area (Å²) in [5, 5.41) is 2.96. The molecule has 30 heavy (non-hydrogen) atoms.